The first-order valence-corrected chi connectivity index (χ1v) is 6.21. The highest BCUT2D eigenvalue weighted by atomic mass is 16.2. The second-order valence-corrected chi connectivity index (χ2v) is 5.05. The van der Waals surface area contributed by atoms with Crippen molar-refractivity contribution in [2.24, 2.45) is 11.0 Å². The van der Waals surface area contributed by atoms with Crippen LogP contribution in [0.2, 0.25) is 0 Å². The summed E-state index contributed by atoms with van der Waals surface area (Å²) in [7, 11) is 1.59. The van der Waals surface area contributed by atoms with Gasteiger partial charge in [-0.25, -0.2) is 5.01 Å². The molecule has 1 aliphatic carbocycles. The number of carbonyl (C=O) groups excluding carboxylic acids is 2. The van der Waals surface area contributed by atoms with E-state index in [4.69, 9.17) is 0 Å². The number of hydrogen-bond donors (Lipinski definition) is 1. The van der Waals surface area contributed by atoms with Crippen molar-refractivity contribution in [2.45, 2.75) is 45.1 Å². The number of hydrazone groups is 1. The van der Waals surface area contributed by atoms with Gasteiger partial charge in [-0.15, -0.1) is 0 Å². The van der Waals surface area contributed by atoms with E-state index in [1.54, 1.807) is 7.05 Å². The molecule has 2 rings (SSSR count). The van der Waals surface area contributed by atoms with Crippen molar-refractivity contribution in [1.29, 1.82) is 0 Å². The summed E-state index contributed by atoms with van der Waals surface area (Å²) in [6, 6.07) is 0.281. The summed E-state index contributed by atoms with van der Waals surface area (Å²) < 4.78 is 0. The Kier molecular flexibility index (Phi) is 3.45. The van der Waals surface area contributed by atoms with Crippen LogP contribution in [0.15, 0.2) is 5.10 Å². The summed E-state index contributed by atoms with van der Waals surface area (Å²) >= 11 is 0. The fourth-order valence-electron chi connectivity index (χ4n) is 2.44. The van der Waals surface area contributed by atoms with Crippen molar-refractivity contribution >= 4 is 17.5 Å². The van der Waals surface area contributed by atoms with Crippen LogP contribution in [-0.2, 0) is 9.59 Å². The van der Waals surface area contributed by atoms with Gasteiger partial charge in [0, 0.05) is 25.9 Å². The third-order valence-corrected chi connectivity index (χ3v) is 3.50. The van der Waals surface area contributed by atoms with E-state index < -0.39 is 0 Å². The fraction of sp³-hybridized carbons (Fsp3) is 0.750. The third kappa shape index (κ3) is 2.84. The molecule has 2 amide bonds. The van der Waals surface area contributed by atoms with Gasteiger partial charge in [0.2, 0.25) is 5.91 Å². The number of nitrogens with zero attached hydrogens (tertiary/aromatic N) is 2. The number of carbonyl (C=O) groups is 2. The molecular weight excluding hydrogens is 218 g/mol. The molecule has 17 heavy (non-hydrogen) atoms. The van der Waals surface area contributed by atoms with Crippen molar-refractivity contribution < 1.29 is 9.59 Å². The van der Waals surface area contributed by atoms with Gasteiger partial charge < -0.3 is 5.32 Å². The van der Waals surface area contributed by atoms with Gasteiger partial charge in [0.25, 0.3) is 5.91 Å². The molecule has 5 heteroatoms. The third-order valence-electron chi connectivity index (χ3n) is 3.50. The highest BCUT2D eigenvalue weighted by Gasteiger charge is 2.26. The van der Waals surface area contributed by atoms with Gasteiger partial charge in [-0.05, 0) is 25.2 Å². The minimum atomic E-state index is -0.108. The SMILES string of the molecule is CC1CCC(NC(=O)C2=NN(C)C(=O)CC2)C1. The van der Waals surface area contributed by atoms with Gasteiger partial charge in [0.05, 0.1) is 0 Å². The maximum absolute atomic E-state index is 11.9. The Balaban J connectivity index is 1.92. The predicted octanol–water partition coefficient (Wildman–Crippen LogP) is 0.899. The van der Waals surface area contributed by atoms with Crippen LogP contribution in [0.1, 0.15) is 39.0 Å². The van der Waals surface area contributed by atoms with Crippen LogP contribution in [0.25, 0.3) is 0 Å². The number of amides is 2. The van der Waals surface area contributed by atoms with Crippen LogP contribution in [0.4, 0.5) is 0 Å². The molecule has 0 radical (unpaired) electrons. The fourth-order valence-corrected chi connectivity index (χ4v) is 2.44. The molecule has 0 aromatic heterocycles. The molecule has 1 fully saturated rings. The van der Waals surface area contributed by atoms with E-state index >= 15 is 0 Å². The van der Waals surface area contributed by atoms with Crippen LogP contribution in [0.3, 0.4) is 0 Å². The zero-order valence-corrected chi connectivity index (χ0v) is 10.4. The van der Waals surface area contributed by atoms with E-state index in [-0.39, 0.29) is 17.9 Å². The Morgan fingerprint density at radius 1 is 1.41 bits per heavy atom. The smallest absolute Gasteiger partial charge is 0.267 e. The lowest BCUT2D eigenvalue weighted by molar-refractivity contribution is -0.130. The molecule has 0 aromatic carbocycles. The normalized spacial score (nSPS) is 29.2. The van der Waals surface area contributed by atoms with Crippen LogP contribution in [-0.4, -0.2) is 35.6 Å². The van der Waals surface area contributed by atoms with Gasteiger partial charge in [-0.2, -0.15) is 5.10 Å². The highest BCUT2D eigenvalue weighted by molar-refractivity contribution is 6.39. The quantitative estimate of drug-likeness (QED) is 0.775. The molecule has 1 heterocycles. The van der Waals surface area contributed by atoms with E-state index in [1.165, 1.54) is 11.4 Å². The molecule has 1 saturated carbocycles. The minimum absolute atomic E-state index is 0.0314. The standard InChI is InChI=1S/C12H19N3O2/c1-8-3-4-9(7-8)13-12(17)10-5-6-11(16)15(2)14-10/h8-9H,3-7H2,1-2H3,(H,13,17). The average Bonchev–Trinajstić information content (AvgIpc) is 2.68. The van der Waals surface area contributed by atoms with E-state index in [0.717, 1.165) is 12.8 Å². The molecule has 1 N–H and O–H groups in total. The number of rotatable bonds is 2. The minimum Gasteiger partial charge on any atom is -0.348 e. The van der Waals surface area contributed by atoms with E-state index in [9.17, 15) is 9.59 Å². The maximum atomic E-state index is 11.9. The van der Waals surface area contributed by atoms with Crippen LogP contribution < -0.4 is 5.32 Å². The number of nitrogens with one attached hydrogen (secondary N) is 1. The first-order chi connectivity index (χ1) is 8.06. The summed E-state index contributed by atoms with van der Waals surface area (Å²) in [5.74, 6) is 0.553. The molecule has 2 aliphatic rings. The first kappa shape index (κ1) is 12.1. The predicted molar refractivity (Wildman–Crippen MR) is 64.4 cm³/mol. The Labute approximate surface area is 101 Å². The lowest BCUT2D eigenvalue weighted by Gasteiger charge is -2.20. The summed E-state index contributed by atoms with van der Waals surface area (Å²) in [6.07, 6.45) is 4.11. The van der Waals surface area contributed by atoms with Gasteiger partial charge in [-0.1, -0.05) is 6.92 Å². The summed E-state index contributed by atoms with van der Waals surface area (Å²) in [5.41, 5.74) is 0.478. The van der Waals surface area contributed by atoms with Crippen molar-refractivity contribution in [3.8, 4) is 0 Å². The Bertz CT molecular complexity index is 365. The van der Waals surface area contributed by atoms with Crippen molar-refractivity contribution in [3.05, 3.63) is 0 Å². The molecule has 2 unspecified atom stereocenters. The Morgan fingerprint density at radius 3 is 2.76 bits per heavy atom. The first-order valence-electron chi connectivity index (χ1n) is 6.21. The summed E-state index contributed by atoms with van der Waals surface area (Å²) in [6.45, 7) is 2.21. The Morgan fingerprint density at radius 2 is 2.18 bits per heavy atom. The van der Waals surface area contributed by atoms with Crippen LogP contribution in [0.5, 0.6) is 0 Å². The maximum Gasteiger partial charge on any atom is 0.267 e. The van der Waals surface area contributed by atoms with Gasteiger partial charge in [0.1, 0.15) is 5.71 Å². The van der Waals surface area contributed by atoms with Crippen LogP contribution >= 0.6 is 0 Å². The monoisotopic (exact) mass is 237 g/mol. The zero-order chi connectivity index (χ0) is 12.4. The van der Waals surface area contributed by atoms with Gasteiger partial charge in [-0.3, -0.25) is 9.59 Å². The molecule has 0 aromatic rings. The second-order valence-electron chi connectivity index (χ2n) is 5.05. The van der Waals surface area contributed by atoms with Crippen LogP contribution in [0, 0.1) is 5.92 Å². The van der Waals surface area contributed by atoms with Gasteiger partial charge >= 0.3 is 0 Å². The molecular formula is C12H19N3O2. The highest BCUT2D eigenvalue weighted by Crippen LogP contribution is 2.24. The second kappa shape index (κ2) is 4.85. The lowest BCUT2D eigenvalue weighted by atomic mass is 10.1. The van der Waals surface area contributed by atoms with Crippen molar-refractivity contribution in [1.82, 2.24) is 10.3 Å². The molecule has 2 atom stereocenters. The lowest BCUT2D eigenvalue weighted by Crippen LogP contribution is -2.41. The molecule has 5 nitrogen and oxygen atoms in total. The Hall–Kier alpha value is -1.39. The van der Waals surface area contributed by atoms with E-state index in [1.807, 2.05) is 0 Å². The molecule has 0 spiro atoms. The molecule has 0 saturated heterocycles. The van der Waals surface area contributed by atoms with Gasteiger partial charge in [0.15, 0.2) is 0 Å². The number of hydrogen-bond acceptors (Lipinski definition) is 3. The molecule has 94 valence electrons. The van der Waals surface area contributed by atoms with Crippen molar-refractivity contribution in [2.75, 3.05) is 7.05 Å². The summed E-state index contributed by atoms with van der Waals surface area (Å²) in [4.78, 5) is 23.2. The average molecular weight is 237 g/mol. The summed E-state index contributed by atoms with van der Waals surface area (Å²) in [5, 5.41) is 8.28. The molecule has 1 aliphatic heterocycles. The van der Waals surface area contributed by atoms with E-state index in [2.05, 4.69) is 17.3 Å². The molecule has 0 bridgehead atoms. The largest absolute Gasteiger partial charge is 0.348 e. The van der Waals surface area contributed by atoms with Crippen molar-refractivity contribution in [3.63, 3.8) is 0 Å². The van der Waals surface area contributed by atoms with E-state index in [0.29, 0.717) is 24.5 Å². The topological polar surface area (TPSA) is 61.8 Å². The zero-order valence-electron chi connectivity index (χ0n) is 10.4.